The van der Waals surface area contributed by atoms with Gasteiger partial charge in [0.05, 0.1) is 13.7 Å². The number of nitrogens with zero attached hydrogens (tertiary/aromatic N) is 1. The maximum Gasteiger partial charge on any atom is 0.254 e. The number of carbonyl (C=O) groups excluding carboxylic acids is 1. The maximum atomic E-state index is 13.5. The van der Waals surface area contributed by atoms with Crippen molar-refractivity contribution in [1.29, 1.82) is 0 Å². The van der Waals surface area contributed by atoms with Crippen molar-refractivity contribution in [3.8, 4) is 11.5 Å². The van der Waals surface area contributed by atoms with Gasteiger partial charge in [0.25, 0.3) is 5.91 Å². The monoisotopic (exact) mass is 442 g/mol. The highest BCUT2D eigenvalue weighted by Crippen LogP contribution is 2.27. The fourth-order valence-corrected chi connectivity index (χ4v) is 4.16. The van der Waals surface area contributed by atoms with E-state index in [2.05, 4.69) is 30.1 Å². The quantitative estimate of drug-likeness (QED) is 0.358. The lowest BCUT2D eigenvalue weighted by atomic mass is 10.1. The molecule has 4 aromatic rings. The second-order valence-corrected chi connectivity index (χ2v) is 8.06. The van der Waals surface area contributed by atoms with Crippen molar-refractivity contribution in [3.63, 3.8) is 0 Å². The maximum absolute atomic E-state index is 13.5. The fourth-order valence-electron chi connectivity index (χ4n) is 4.16. The molecule has 5 nitrogen and oxygen atoms in total. The number of amides is 1. The van der Waals surface area contributed by atoms with Gasteiger partial charge in [-0.15, -0.1) is 0 Å². The number of ether oxygens (including phenoxy) is 2. The molecule has 0 atom stereocenters. The summed E-state index contributed by atoms with van der Waals surface area (Å²) in [4.78, 5) is 18.9. The van der Waals surface area contributed by atoms with Gasteiger partial charge in [-0.25, -0.2) is 0 Å². The van der Waals surface area contributed by atoms with Crippen LogP contribution in [0, 0.1) is 6.92 Å². The third-order valence-electron chi connectivity index (χ3n) is 5.87. The van der Waals surface area contributed by atoms with E-state index in [1.165, 1.54) is 5.56 Å². The van der Waals surface area contributed by atoms with Crippen LogP contribution in [0.15, 0.2) is 72.8 Å². The molecule has 0 saturated carbocycles. The van der Waals surface area contributed by atoms with E-state index >= 15 is 0 Å². The number of rotatable bonds is 9. The molecule has 170 valence electrons. The molecule has 0 aliphatic heterocycles. The van der Waals surface area contributed by atoms with E-state index in [4.69, 9.17) is 9.47 Å². The number of aryl methyl sites for hydroxylation is 1. The Morgan fingerprint density at radius 1 is 0.970 bits per heavy atom. The molecule has 1 aromatic heterocycles. The molecule has 0 aliphatic carbocycles. The van der Waals surface area contributed by atoms with Gasteiger partial charge in [0, 0.05) is 35.2 Å². The minimum absolute atomic E-state index is 0.0111. The summed E-state index contributed by atoms with van der Waals surface area (Å²) in [5, 5.41) is 1.14. The van der Waals surface area contributed by atoms with Gasteiger partial charge in [0.1, 0.15) is 11.5 Å². The van der Waals surface area contributed by atoms with Crippen LogP contribution in [0.5, 0.6) is 11.5 Å². The van der Waals surface area contributed by atoms with Crippen molar-refractivity contribution in [1.82, 2.24) is 9.88 Å². The molecule has 0 spiro atoms. The molecule has 0 radical (unpaired) electrons. The van der Waals surface area contributed by atoms with Gasteiger partial charge in [-0.3, -0.25) is 4.79 Å². The summed E-state index contributed by atoms with van der Waals surface area (Å²) in [7, 11) is 1.68. The van der Waals surface area contributed by atoms with Crippen LogP contribution in [0.25, 0.3) is 10.9 Å². The number of carbonyl (C=O) groups is 1. The first-order valence-corrected chi connectivity index (χ1v) is 11.3. The molecule has 0 saturated heterocycles. The first-order chi connectivity index (χ1) is 16.1. The zero-order valence-corrected chi connectivity index (χ0v) is 19.4. The molecule has 1 N–H and O–H groups in total. The van der Waals surface area contributed by atoms with Crippen molar-refractivity contribution < 1.29 is 14.3 Å². The number of hydrogen-bond acceptors (Lipinski definition) is 3. The summed E-state index contributed by atoms with van der Waals surface area (Å²) in [6, 6.07) is 23.6. The van der Waals surface area contributed by atoms with Crippen LogP contribution in [0.2, 0.25) is 0 Å². The van der Waals surface area contributed by atoms with Crippen LogP contribution in [0.3, 0.4) is 0 Å². The van der Waals surface area contributed by atoms with Crippen molar-refractivity contribution in [2.45, 2.75) is 26.8 Å². The summed E-state index contributed by atoms with van der Waals surface area (Å²) >= 11 is 0. The molecule has 1 amide bonds. The van der Waals surface area contributed by atoms with E-state index in [9.17, 15) is 4.79 Å². The Bertz CT molecular complexity index is 1210. The highest BCUT2D eigenvalue weighted by Gasteiger charge is 2.18. The number of benzene rings is 3. The number of H-pyrrole nitrogens is 1. The number of aromatic amines is 1. The Morgan fingerprint density at radius 2 is 1.70 bits per heavy atom. The number of methoxy groups -OCH3 is 1. The second kappa shape index (κ2) is 10.3. The molecule has 3 aromatic carbocycles. The van der Waals surface area contributed by atoms with Gasteiger partial charge >= 0.3 is 0 Å². The Balaban J connectivity index is 1.59. The summed E-state index contributed by atoms with van der Waals surface area (Å²) in [5.74, 6) is 1.61. The first-order valence-electron chi connectivity index (χ1n) is 11.3. The highest BCUT2D eigenvalue weighted by molar-refractivity contribution is 5.94. The Kier molecular flexibility index (Phi) is 6.98. The van der Waals surface area contributed by atoms with E-state index in [-0.39, 0.29) is 5.91 Å². The number of nitrogens with one attached hydrogen (secondary N) is 1. The Hall–Kier alpha value is -3.73. The Morgan fingerprint density at radius 3 is 2.39 bits per heavy atom. The van der Waals surface area contributed by atoms with Gasteiger partial charge in [-0.05, 0) is 73.9 Å². The van der Waals surface area contributed by atoms with Crippen LogP contribution in [0.4, 0.5) is 0 Å². The molecule has 4 rings (SSSR count). The lowest BCUT2D eigenvalue weighted by molar-refractivity contribution is 0.0745. The minimum Gasteiger partial charge on any atom is -0.497 e. The lowest BCUT2D eigenvalue weighted by Crippen LogP contribution is -2.32. The highest BCUT2D eigenvalue weighted by atomic mass is 16.5. The lowest BCUT2D eigenvalue weighted by Gasteiger charge is -2.23. The minimum atomic E-state index is 0.0111. The predicted molar refractivity (Wildman–Crippen MR) is 132 cm³/mol. The van der Waals surface area contributed by atoms with Crippen molar-refractivity contribution >= 4 is 16.8 Å². The van der Waals surface area contributed by atoms with Crippen LogP contribution in [0.1, 0.15) is 34.1 Å². The fraction of sp³-hybridized carbons (Fsp3) is 0.250. The average Bonchev–Trinajstić information content (AvgIpc) is 3.16. The van der Waals surface area contributed by atoms with Crippen LogP contribution >= 0.6 is 0 Å². The van der Waals surface area contributed by atoms with Gasteiger partial charge < -0.3 is 19.4 Å². The van der Waals surface area contributed by atoms with Crippen LogP contribution < -0.4 is 9.47 Å². The summed E-state index contributed by atoms with van der Waals surface area (Å²) in [6.07, 6.45) is 0.745. The molecule has 0 unspecified atom stereocenters. The van der Waals surface area contributed by atoms with Crippen molar-refractivity contribution in [2.75, 3.05) is 20.3 Å². The molecule has 33 heavy (non-hydrogen) atoms. The molecular weight excluding hydrogens is 412 g/mol. The van der Waals surface area contributed by atoms with Gasteiger partial charge in [0.2, 0.25) is 0 Å². The van der Waals surface area contributed by atoms with E-state index < -0.39 is 0 Å². The van der Waals surface area contributed by atoms with E-state index in [1.807, 2.05) is 66.4 Å². The number of hydrogen-bond donors (Lipinski definition) is 1. The molecule has 5 heteroatoms. The van der Waals surface area contributed by atoms with Crippen LogP contribution in [-0.4, -0.2) is 36.1 Å². The summed E-state index contributed by atoms with van der Waals surface area (Å²) < 4.78 is 11.0. The summed E-state index contributed by atoms with van der Waals surface area (Å²) in [5.41, 5.74) is 5.17. The Labute approximate surface area is 195 Å². The third kappa shape index (κ3) is 5.20. The molecular formula is C28H30N2O3. The van der Waals surface area contributed by atoms with Crippen LogP contribution in [-0.2, 0) is 13.0 Å². The largest absolute Gasteiger partial charge is 0.497 e. The van der Waals surface area contributed by atoms with Gasteiger partial charge in [-0.2, -0.15) is 0 Å². The molecule has 0 bridgehead atoms. The van der Waals surface area contributed by atoms with Gasteiger partial charge in [-0.1, -0.05) is 30.3 Å². The standard InChI is InChI=1S/C28H30N2O3/c1-4-33-23-12-10-22(11-13-23)28(31)30(19-21-8-6-5-7-9-21)17-16-25-20(2)29-27-15-14-24(32-3)18-26(25)27/h5-15,18,29H,4,16-17,19H2,1-3H3. The molecule has 0 aliphatic rings. The smallest absolute Gasteiger partial charge is 0.254 e. The zero-order chi connectivity index (χ0) is 23.2. The number of aromatic nitrogens is 1. The van der Waals surface area contributed by atoms with E-state index in [0.717, 1.165) is 40.1 Å². The van der Waals surface area contributed by atoms with Crippen molar-refractivity contribution in [3.05, 3.63) is 95.2 Å². The average molecular weight is 443 g/mol. The van der Waals surface area contributed by atoms with E-state index in [1.54, 1.807) is 7.11 Å². The first kappa shape index (κ1) is 22.5. The van der Waals surface area contributed by atoms with Crippen molar-refractivity contribution in [2.24, 2.45) is 0 Å². The normalized spacial score (nSPS) is 10.9. The molecule has 1 heterocycles. The summed E-state index contributed by atoms with van der Waals surface area (Å²) in [6.45, 7) is 5.78. The zero-order valence-electron chi connectivity index (χ0n) is 19.4. The van der Waals surface area contributed by atoms with E-state index in [0.29, 0.717) is 25.3 Å². The second-order valence-electron chi connectivity index (χ2n) is 8.06. The number of fused-ring (bicyclic) bond motifs is 1. The topological polar surface area (TPSA) is 54.6 Å². The SMILES string of the molecule is CCOc1ccc(C(=O)N(CCc2c(C)[nH]c3ccc(OC)cc23)Cc2ccccc2)cc1. The predicted octanol–water partition coefficient (Wildman–Crippen LogP) is 5.77. The third-order valence-corrected chi connectivity index (χ3v) is 5.87. The van der Waals surface area contributed by atoms with Gasteiger partial charge in [0.15, 0.2) is 0 Å². The molecule has 0 fully saturated rings.